The fraction of sp³-hybridized carbons (Fsp3) is 0.321. The Morgan fingerprint density at radius 1 is 0.906 bits per heavy atom. The predicted octanol–water partition coefficient (Wildman–Crippen LogP) is 5.82. The van der Waals surface area contributed by atoms with E-state index in [1.54, 1.807) is 0 Å². The van der Waals surface area contributed by atoms with E-state index in [1.807, 2.05) is 91.9 Å². The molecule has 4 heteroatoms. The molecule has 32 heavy (non-hydrogen) atoms. The molecule has 1 aliphatic heterocycles. The number of hydrogen-bond donors (Lipinski definition) is 1. The molecule has 1 N–H and O–H groups in total. The van der Waals surface area contributed by atoms with Crippen molar-refractivity contribution < 1.29 is 14.4 Å². The Morgan fingerprint density at radius 2 is 1.41 bits per heavy atom. The first kappa shape index (κ1) is 22.4. The molecule has 3 nitrogen and oxygen atoms in total. The summed E-state index contributed by atoms with van der Waals surface area (Å²) >= 11 is 0. The Bertz CT molecular complexity index is 987. The van der Waals surface area contributed by atoms with Crippen LogP contribution in [0.3, 0.4) is 0 Å². The summed E-state index contributed by atoms with van der Waals surface area (Å²) < 4.78 is 14.2. The first-order chi connectivity index (χ1) is 15.5. The number of aliphatic hydroxyl groups is 1. The minimum Gasteiger partial charge on any atom is -0.379 e. The molecule has 1 fully saturated rings. The summed E-state index contributed by atoms with van der Waals surface area (Å²) in [4.78, 5) is 12.4. The Labute approximate surface area is 189 Å². The molecule has 1 aliphatic rings. The normalized spacial score (nSPS) is 16.6. The highest BCUT2D eigenvalue weighted by Gasteiger charge is 2.54. The van der Waals surface area contributed by atoms with Crippen LogP contribution < -0.4 is 0 Å². The average molecular weight is 432 g/mol. The fourth-order valence-corrected chi connectivity index (χ4v) is 5.15. The molecule has 0 spiro atoms. The fourth-order valence-electron chi connectivity index (χ4n) is 5.15. The largest absolute Gasteiger partial charge is 0.379 e. The zero-order valence-electron chi connectivity index (χ0n) is 18.5. The summed E-state index contributed by atoms with van der Waals surface area (Å²) in [7, 11) is 0. The van der Waals surface area contributed by atoms with Crippen LogP contribution in [0.5, 0.6) is 0 Å². The first-order valence-electron chi connectivity index (χ1n) is 11.4. The van der Waals surface area contributed by atoms with Crippen molar-refractivity contribution in [2.45, 2.75) is 43.6 Å². The van der Waals surface area contributed by atoms with Gasteiger partial charge in [-0.3, -0.25) is 4.79 Å². The third-order valence-corrected chi connectivity index (χ3v) is 6.87. The lowest BCUT2D eigenvalue weighted by molar-refractivity contribution is -0.0824. The second-order valence-corrected chi connectivity index (χ2v) is 8.68. The molecule has 0 radical (unpaired) electrons. The van der Waals surface area contributed by atoms with E-state index in [9.17, 15) is 14.4 Å². The van der Waals surface area contributed by atoms with Crippen LogP contribution >= 0.6 is 0 Å². The van der Waals surface area contributed by atoms with Gasteiger partial charge in [-0.25, -0.2) is 0 Å². The number of nitrogens with zero attached hydrogens (tertiary/aromatic N) is 1. The van der Waals surface area contributed by atoms with E-state index in [4.69, 9.17) is 0 Å². The van der Waals surface area contributed by atoms with Gasteiger partial charge in [0.25, 0.3) is 0 Å². The Hall–Kier alpha value is -2.82. The number of rotatable bonds is 7. The van der Waals surface area contributed by atoms with E-state index in [0.717, 1.165) is 28.2 Å². The molecule has 0 saturated carbocycles. The van der Waals surface area contributed by atoms with Gasteiger partial charge in [0, 0.05) is 30.5 Å². The van der Waals surface area contributed by atoms with Crippen molar-refractivity contribution in [3.8, 4) is 0 Å². The summed E-state index contributed by atoms with van der Waals surface area (Å²) in [6.45, 7) is 2.46. The predicted molar refractivity (Wildman–Crippen MR) is 125 cm³/mol. The summed E-state index contributed by atoms with van der Waals surface area (Å²) in [5.74, 6) is 0.119. The van der Waals surface area contributed by atoms with Crippen LogP contribution in [-0.2, 0) is 11.0 Å². The maximum Gasteiger partial charge on any atom is 0.162 e. The van der Waals surface area contributed by atoms with Gasteiger partial charge in [0.15, 0.2) is 5.78 Å². The summed E-state index contributed by atoms with van der Waals surface area (Å²) in [6.07, 6.45) is 2.22. The van der Waals surface area contributed by atoms with Crippen LogP contribution in [0.2, 0.25) is 0 Å². The van der Waals surface area contributed by atoms with Crippen LogP contribution in [0.4, 0.5) is 4.48 Å². The minimum atomic E-state index is -1.36. The van der Waals surface area contributed by atoms with Crippen molar-refractivity contribution in [1.82, 2.24) is 5.12 Å². The van der Waals surface area contributed by atoms with Gasteiger partial charge < -0.3 is 5.11 Å². The van der Waals surface area contributed by atoms with Crippen LogP contribution in [0.1, 0.15) is 59.7 Å². The molecule has 1 heterocycles. The number of Topliss-reactive ketones (excluding diaryl/α,β-unsaturated/α-hetero) is 1. The molecule has 1 saturated heterocycles. The lowest BCUT2D eigenvalue weighted by atomic mass is 9.57. The maximum atomic E-state index is 14.2. The number of ketones is 1. The molecule has 0 amide bonds. The van der Waals surface area contributed by atoms with E-state index in [-0.39, 0.29) is 18.9 Å². The van der Waals surface area contributed by atoms with Gasteiger partial charge in [-0.15, -0.1) is 9.60 Å². The van der Waals surface area contributed by atoms with E-state index in [1.165, 1.54) is 0 Å². The highest BCUT2D eigenvalue weighted by molar-refractivity contribution is 5.96. The van der Waals surface area contributed by atoms with Crippen molar-refractivity contribution >= 4 is 5.78 Å². The molecule has 166 valence electrons. The minimum absolute atomic E-state index is 0.119. The first-order valence-corrected chi connectivity index (χ1v) is 11.4. The van der Waals surface area contributed by atoms with Gasteiger partial charge in [-0.1, -0.05) is 91.9 Å². The zero-order chi connectivity index (χ0) is 22.6. The lowest BCUT2D eigenvalue weighted by Gasteiger charge is -2.51. The number of carbonyl (C=O) groups excluding carboxylic acids is 1. The molecule has 0 unspecified atom stereocenters. The van der Waals surface area contributed by atoms with E-state index < -0.39 is 11.0 Å². The van der Waals surface area contributed by atoms with Gasteiger partial charge in [0.2, 0.25) is 0 Å². The van der Waals surface area contributed by atoms with Crippen molar-refractivity contribution in [1.29, 1.82) is 0 Å². The van der Waals surface area contributed by atoms with Gasteiger partial charge in [-0.05, 0) is 36.0 Å². The highest BCUT2D eigenvalue weighted by Crippen LogP contribution is 2.53. The van der Waals surface area contributed by atoms with Crippen molar-refractivity contribution in [2.75, 3.05) is 13.1 Å². The van der Waals surface area contributed by atoms with Crippen molar-refractivity contribution in [3.63, 3.8) is 0 Å². The Morgan fingerprint density at radius 3 is 1.88 bits per heavy atom. The van der Waals surface area contributed by atoms with Gasteiger partial charge in [0.1, 0.15) is 5.60 Å². The van der Waals surface area contributed by atoms with Crippen molar-refractivity contribution in [3.05, 3.63) is 107 Å². The number of piperidine rings is 1. The summed E-state index contributed by atoms with van der Waals surface area (Å²) in [6, 6.07) is 26.9. The molecule has 4 rings (SSSR count). The number of carbonyl (C=O) groups is 1. The average Bonchev–Trinajstić information content (AvgIpc) is 2.85. The van der Waals surface area contributed by atoms with Gasteiger partial charge in [-0.2, -0.15) is 0 Å². The van der Waals surface area contributed by atoms with Crippen LogP contribution in [-0.4, -0.2) is 29.1 Å². The third kappa shape index (κ3) is 3.89. The molecule has 0 bridgehead atoms. The van der Waals surface area contributed by atoms with Crippen molar-refractivity contribution in [2.24, 2.45) is 0 Å². The Kier molecular flexibility index (Phi) is 6.54. The topological polar surface area (TPSA) is 40.5 Å². The molecule has 0 aliphatic carbocycles. The standard InChI is InChI=1S/C28H30FNO2/c1-2-9-26(31)22-14-16-23(17-15-22)27(18-20-30(29)21-19-27)28(32,24-10-5-3-6-11-24)25-12-7-4-8-13-25/h3-8,10-17,32H,2,9,18-21H2,1H3. The zero-order valence-corrected chi connectivity index (χ0v) is 18.5. The van der Waals surface area contributed by atoms with E-state index >= 15 is 0 Å². The van der Waals surface area contributed by atoms with Crippen LogP contribution in [0.25, 0.3) is 0 Å². The third-order valence-electron chi connectivity index (χ3n) is 6.87. The lowest BCUT2D eigenvalue weighted by Crippen LogP contribution is -2.55. The van der Waals surface area contributed by atoms with Crippen LogP contribution in [0.15, 0.2) is 84.9 Å². The molecule has 0 aromatic heterocycles. The molecule has 3 aromatic rings. The molecular formula is C28H30FNO2. The smallest absolute Gasteiger partial charge is 0.162 e. The number of halogens is 1. The number of hydrogen-bond acceptors (Lipinski definition) is 3. The maximum absolute atomic E-state index is 14.2. The summed E-state index contributed by atoms with van der Waals surface area (Å²) in [5, 5.41) is 13.5. The monoisotopic (exact) mass is 431 g/mol. The quantitative estimate of drug-likeness (QED) is 0.378. The van der Waals surface area contributed by atoms with E-state index in [2.05, 4.69) is 0 Å². The second-order valence-electron chi connectivity index (χ2n) is 8.68. The highest BCUT2D eigenvalue weighted by atomic mass is 19.2. The Balaban J connectivity index is 1.90. The summed E-state index contributed by atoms with van der Waals surface area (Å²) in [5.41, 5.74) is 1.07. The van der Waals surface area contributed by atoms with Gasteiger partial charge in [0.05, 0.1) is 0 Å². The molecular weight excluding hydrogens is 401 g/mol. The SMILES string of the molecule is CCCC(=O)c1ccc(C2(C(O)(c3ccccc3)c3ccccc3)CCN(F)CC2)cc1. The molecule has 0 atom stereocenters. The van der Waals surface area contributed by atoms with E-state index in [0.29, 0.717) is 24.8 Å². The van der Waals surface area contributed by atoms with Crippen LogP contribution in [0, 0.1) is 0 Å². The second kappa shape index (κ2) is 9.35. The number of benzene rings is 3. The molecule has 3 aromatic carbocycles. The van der Waals surface area contributed by atoms with Gasteiger partial charge >= 0.3 is 0 Å².